The van der Waals surface area contributed by atoms with E-state index in [0.717, 1.165) is 25.7 Å². The predicted molar refractivity (Wildman–Crippen MR) is 76.5 cm³/mol. The number of halogens is 1. The Morgan fingerprint density at radius 2 is 2.15 bits per heavy atom. The number of ether oxygens (including phenoxy) is 2. The van der Waals surface area contributed by atoms with Crippen LogP contribution in [-0.4, -0.2) is 24.6 Å². The maximum Gasteiger partial charge on any atom is 0.251 e. The van der Waals surface area contributed by atoms with Gasteiger partial charge in [0.2, 0.25) is 6.79 Å². The van der Waals surface area contributed by atoms with E-state index >= 15 is 0 Å². The number of hydrogen-bond donors (Lipinski definition) is 1. The van der Waals surface area contributed by atoms with Crippen LogP contribution in [-0.2, 0) is 0 Å². The van der Waals surface area contributed by atoms with Crippen LogP contribution in [0.2, 0.25) is 0 Å². The van der Waals surface area contributed by atoms with Gasteiger partial charge in [-0.2, -0.15) is 0 Å². The maximum atomic E-state index is 12.1. The summed E-state index contributed by atoms with van der Waals surface area (Å²) < 4.78 is 10.5. The molecule has 0 radical (unpaired) electrons. The Morgan fingerprint density at radius 1 is 1.30 bits per heavy atom. The van der Waals surface area contributed by atoms with Crippen molar-refractivity contribution in [2.24, 2.45) is 5.92 Å². The highest BCUT2D eigenvalue weighted by Gasteiger charge is 2.21. The lowest BCUT2D eigenvalue weighted by atomic mass is 9.89. The van der Waals surface area contributed by atoms with Gasteiger partial charge in [-0.3, -0.25) is 4.79 Å². The number of benzene rings is 1. The summed E-state index contributed by atoms with van der Waals surface area (Å²) in [5.41, 5.74) is 0.604. The van der Waals surface area contributed by atoms with E-state index in [2.05, 4.69) is 5.32 Å². The van der Waals surface area contributed by atoms with Gasteiger partial charge >= 0.3 is 0 Å². The average molecular weight is 296 g/mol. The Kier molecular flexibility index (Phi) is 4.01. The Labute approximate surface area is 123 Å². The molecule has 1 aliphatic heterocycles. The molecule has 1 fully saturated rings. The second kappa shape index (κ2) is 5.92. The van der Waals surface area contributed by atoms with Crippen molar-refractivity contribution in [2.75, 3.05) is 13.3 Å². The number of carbonyl (C=O) groups is 1. The van der Waals surface area contributed by atoms with Crippen LogP contribution in [0.3, 0.4) is 0 Å². The van der Waals surface area contributed by atoms with Crippen LogP contribution in [0.25, 0.3) is 0 Å². The summed E-state index contributed by atoms with van der Waals surface area (Å²) in [6.07, 6.45) is 4.38. The highest BCUT2D eigenvalue weighted by atomic mass is 35.5. The molecule has 2 aliphatic rings. The van der Waals surface area contributed by atoms with E-state index in [1.54, 1.807) is 18.2 Å². The zero-order chi connectivity index (χ0) is 13.9. The van der Waals surface area contributed by atoms with Gasteiger partial charge in [0.05, 0.1) is 0 Å². The lowest BCUT2D eigenvalue weighted by Crippen LogP contribution is -2.32. The second-order valence-electron chi connectivity index (χ2n) is 5.41. The molecule has 3 rings (SSSR count). The van der Waals surface area contributed by atoms with Crippen molar-refractivity contribution in [3.05, 3.63) is 23.8 Å². The predicted octanol–water partition coefficient (Wildman–Crippen LogP) is 2.94. The molecule has 1 saturated carbocycles. The molecule has 1 amide bonds. The smallest absolute Gasteiger partial charge is 0.251 e. The Bertz CT molecular complexity index is 506. The standard InChI is InChI=1S/C15H18ClNO3/c16-12-3-1-2-10(6-12)8-17-15(18)11-4-5-13-14(7-11)20-9-19-13/h4-5,7,10,12H,1-3,6,8-9H2,(H,17,18). The topological polar surface area (TPSA) is 47.6 Å². The Hall–Kier alpha value is -1.42. The first kappa shape index (κ1) is 13.6. The van der Waals surface area contributed by atoms with Crippen molar-refractivity contribution >= 4 is 17.5 Å². The van der Waals surface area contributed by atoms with Crippen molar-refractivity contribution in [1.29, 1.82) is 0 Å². The van der Waals surface area contributed by atoms with E-state index in [9.17, 15) is 4.79 Å². The van der Waals surface area contributed by atoms with Crippen LogP contribution in [0.4, 0.5) is 0 Å². The van der Waals surface area contributed by atoms with E-state index in [4.69, 9.17) is 21.1 Å². The summed E-state index contributed by atoms with van der Waals surface area (Å²) in [4.78, 5) is 12.1. The highest BCUT2D eigenvalue weighted by Crippen LogP contribution is 2.32. The van der Waals surface area contributed by atoms with E-state index < -0.39 is 0 Å². The number of nitrogens with one attached hydrogen (secondary N) is 1. The second-order valence-corrected chi connectivity index (χ2v) is 6.03. The molecule has 0 spiro atoms. The van der Waals surface area contributed by atoms with Crippen LogP contribution in [0.5, 0.6) is 11.5 Å². The molecule has 0 bridgehead atoms. The third-order valence-electron chi connectivity index (χ3n) is 3.90. The number of rotatable bonds is 3. The van der Waals surface area contributed by atoms with E-state index in [-0.39, 0.29) is 18.1 Å². The van der Waals surface area contributed by atoms with Gasteiger partial charge in [0.25, 0.3) is 5.91 Å². The summed E-state index contributed by atoms with van der Waals surface area (Å²) in [7, 11) is 0. The van der Waals surface area contributed by atoms with Crippen molar-refractivity contribution < 1.29 is 14.3 Å². The third kappa shape index (κ3) is 3.01. The summed E-state index contributed by atoms with van der Waals surface area (Å²) >= 11 is 6.16. The first-order valence-corrected chi connectivity index (χ1v) is 7.48. The van der Waals surface area contributed by atoms with Crippen LogP contribution < -0.4 is 14.8 Å². The monoisotopic (exact) mass is 295 g/mol. The minimum absolute atomic E-state index is 0.0694. The first-order chi connectivity index (χ1) is 9.72. The molecule has 2 unspecified atom stereocenters. The number of fused-ring (bicyclic) bond motifs is 1. The van der Waals surface area contributed by atoms with Crippen LogP contribution in [0, 0.1) is 5.92 Å². The maximum absolute atomic E-state index is 12.1. The molecule has 108 valence electrons. The van der Waals surface area contributed by atoms with Gasteiger partial charge in [-0.1, -0.05) is 6.42 Å². The summed E-state index contributed by atoms with van der Waals surface area (Å²) in [5.74, 6) is 1.75. The molecule has 1 aliphatic carbocycles. The molecule has 1 heterocycles. The largest absolute Gasteiger partial charge is 0.454 e. The fourth-order valence-electron chi connectivity index (χ4n) is 2.79. The van der Waals surface area contributed by atoms with Gasteiger partial charge in [-0.05, 0) is 43.4 Å². The molecule has 4 nitrogen and oxygen atoms in total. The molecular formula is C15H18ClNO3. The van der Waals surface area contributed by atoms with E-state index in [0.29, 0.717) is 29.5 Å². The minimum atomic E-state index is -0.0694. The molecular weight excluding hydrogens is 278 g/mol. The van der Waals surface area contributed by atoms with E-state index in [1.165, 1.54) is 0 Å². The van der Waals surface area contributed by atoms with Crippen molar-refractivity contribution in [3.8, 4) is 11.5 Å². The molecule has 1 N–H and O–H groups in total. The van der Waals surface area contributed by atoms with Gasteiger partial charge in [0, 0.05) is 17.5 Å². The van der Waals surface area contributed by atoms with Gasteiger partial charge in [0.15, 0.2) is 11.5 Å². The zero-order valence-electron chi connectivity index (χ0n) is 11.2. The molecule has 1 aromatic carbocycles. The number of alkyl halides is 1. The molecule has 20 heavy (non-hydrogen) atoms. The van der Waals surface area contributed by atoms with Gasteiger partial charge in [-0.25, -0.2) is 0 Å². The third-order valence-corrected chi connectivity index (χ3v) is 4.30. The average Bonchev–Trinajstić information content (AvgIpc) is 2.92. The summed E-state index contributed by atoms with van der Waals surface area (Å²) in [6.45, 7) is 0.913. The summed E-state index contributed by atoms with van der Waals surface area (Å²) in [6, 6.07) is 5.25. The van der Waals surface area contributed by atoms with E-state index in [1.807, 2.05) is 0 Å². The van der Waals surface area contributed by atoms with Gasteiger partial charge in [0.1, 0.15) is 0 Å². The van der Waals surface area contributed by atoms with Crippen molar-refractivity contribution in [2.45, 2.75) is 31.1 Å². The van der Waals surface area contributed by atoms with Crippen LogP contribution in [0.15, 0.2) is 18.2 Å². The number of amides is 1. The van der Waals surface area contributed by atoms with Crippen LogP contribution >= 0.6 is 11.6 Å². The number of hydrogen-bond acceptors (Lipinski definition) is 3. The fourth-order valence-corrected chi connectivity index (χ4v) is 3.19. The number of carbonyl (C=O) groups excluding carboxylic acids is 1. The highest BCUT2D eigenvalue weighted by molar-refractivity contribution is 6.20. The minimum Gasteiger partial charge on any atom is -0.454 e. The molecule has 5 heteroatoms. The summed E-state index contributed by atoms with van der Waals surface area (Å²) in [5, 5.41) is 3.25. The quantitative estimate of drug-likeness (QED) is 0.872. The van der Waals surface area contributed by atoms with Crippen molar-refractivity contribution in [3.63, 3.8) is 0 Å². The fraction of sp³-hybridized carbons (Fsp3) is 0.533. The van der Waals surface area contributed by atoms with Gasteiger partial charge < -0.3 is 14.8 Å². The lowest BCUT2D eigenvalue weighted by molar-refractivity contribution is 0.0943. The SMILES string of the molecule is O=C(NCC1CCCC(Cl)C1)c1ccc2c(c1)OCO2. The van der Waals surface area contributed by atoms with Crippen molar-refractivity contribution in [1.82, 2.24) is 5.32 Å². The normalized spacial score (nSPS) is 24.4. The lowest BCUT2D eigenvalue weighted by Gasteiger charge is -2.25. The zero-order valence-corrected chi connectivity index (χ0v) is 12.0. The molecule has 0 saturated heterocycles. The molecule has 2 atom stereocenters. The Balaban J connectivity index is 1.56. The first-order valence-electron chi connectivity index (χ1n) is 7.04. The Morgan fingerprint density at radius 3 is 3.00 bits per heavy atom. The van der Waals surface area contributed by atoms with Gasteiger partial charge in [-0.15, -0.1) is 11.6 Å². The molecule has 1 aromatic rings. The molecule has 0 aromatic heterocycles. The van der Waals surface area contributed by atoms with Crippen LogP contribution in [0.1, 0.15) is 36.0 Å².